The summed E-state index contributed by atoms with van der Waals surface area (Å²) in [6.45, 7) is 10.6. The Hall–Kier alpha value is -1.95. The standard InChI is InChI=1S/C19H28N4O2/c1-18(2,3)9-14-15-12(16(24)21-10-19(4,5)20)8-13(11-6-7-11)22-17(15)25-23-14/h8,11H,6-7,9-10,20H2,1-5H3,(H,21,24). The maximum Gasteiger partial charge on any atom is 0.259 e. The summed E-state index contributed by atoms with van der Waals surface area (Å²) in [4.78, 5) is 17.5. The fourth-order valence-corrected chi connectivity index (χ4v) is 2.82. The predicted molar refractivity (Wildman–Crippen MR) is 97.5 cm³/mol. The van der Waals surface area contributed by atoms with Crippen molar-refractivity contribution in [2.75, 3.05) is 6.54 Å². The highest BCUT2D eigenvalue weighted by molar-refractivity contribution is 6.06. The van der Waals surface area contributed by atoms with Crippen LogP contribution in [0.5, 0.6) is 0 Å². The van der Waals surface area contributed by atoms with Crippen molar-refractivity contribution < 1.29 is 9.32 Å². The lowest BCUT2D eigenvalue weighted by molar-refractivity contribution is 0.0947. The van der Waals surface area contributed by atoms with Gasteiger partial charge >= 0.3 is 0 Å². The fourth-order valence-electron chi connectivity index (χ4n) is 2.82. The molecule has 0 bridgehead atoms. The van der Waals surface area contributed by atoms with Crippen LogP contribution in [-0.4, -0.2) is 28.1 Å². The summed E-state index contributed by atoms with van der Waals surface area (Å²) in [7, 11) is 0. The van der Waals surface area contributed by atoms with Crippen molar-refractivity contribution in [3.05, 3.63) is 23.0 Å². The smallest absolute Gasteiger partial charge is 0.259 e. The number of fused-ring (bicyclic) bond motifs is 1. The number of pyridine rings is 1. The number of carbonyl (C=O) groups excluding carboxylic acids is 1. The molecule has 1 saturated carbocycles. The fraction of sp³-hybridized carbons (Fsp3) is 0.632. The van der Waals surface area contributed by atoms with E-state index >= 15 is 0 Å². The Bertz CT molecular complexity index is 792. The lowest BCUT2D eigenvalue weighted by Gasteiger charge is -2.19. The van der Waals surface area contributed by atoms with E-state index in [9.17, 15) is 4.79 Å². The van der Waals surface area contributed by atoms with E-state index in [1.807, 2.05) is 19.9 Å². The molecule has 6 nitrogen and oxygen atoms in total. The van der Waals surface area contributed by atoms with E-state index in [1.165, 1.54) is 0 Å². The Kier molecular flexibility index (Phi) is 4.35. The number of hydrogen-bond donors (Lipinski definition) is 2. The zero-order valence-corrected chi connectivity index (χ0v) is 15.8. The molecule has 0 saturated heterocycles. The van der Waals surface area contributed by atoms with Crippen LogP contribution >= 0.6 is 0 Å². The zero-order valence-electron chi connectivity index (χ0n) is 15.8. The summed E-state index contributed by atoms with van der Waals surface area (Å²) in [6, 6.07) is 1.90. The molecule has 0 radical (unpaired) electrons. The van der Waals surface area contributed by atoms with Gasteiger partial charge < -0.3 is 15.6 Å². The van der Waals surface area contributed by atoms with Gasteiger partial charge in [0.1, 0.15) is 0 Å². The maximum absolute atomic E-state index is 12.9. The van der Waals surface area contributed by atoms with E-state index in [0.717, 1.165) is 29.6 Å². The van der Waals surface area contributed by atoms with Crippen molar-refractivity contribution in [1.29, 1.82) is 0 Å². The van der Waals surface area contributed by atoms with Gasteiger partial charge in [-0.2, -0.15) is 0 Å². The van der Waals surface area contributed by atoms with Crippen LogP contribution in [0.1, 0.15) is 75.1 Å². The Morgan fingerprint density at radius 3 is 2.56 bits per heavy atom. The number of rotatable bonds is 5. The van der Waals surface area contributed by atoms with E-state index in [2.05, 4.69) is 36.2 Å². The van der Waals surface area contributed by atoms with Gasteiger partial charge in [0.15, 0.2) is 0 Å². The van der Waals surface area contributed by atoms with Gasteiger partial charge in [-0.25, -0.2) is 4.98 Å². The third-order valence-corrected chi connectivity index (χ3v) is 4.18. The van der Waals surface area contributed by atoms with Gasteiger partial charge in [0.2, 0.25) is 0 Å². The number of carbonyl (C=O) groups is 1. The highest BCUT2D eigenvalue weighted by Crippen LogP contribution is 2.40. The van der Waals surface area contributed by atoms with E-state index in [1.54, 1.807) is 0 Å². The van der Waals surface area contributed by atoms with Crippen molar-refractivity contribution in [2.45, 2.75) is 65.3 Å². The van der Waals surface area contributed by atoms with Crippen molar-refractivity contribution in [3.63, 3.8) is 0 Å². The highest BCUT2D eigenvalue weighted by atomic mass is 16.5. The first kappa shape index (κ1) is 17.9. The molecular formula is C19H28N4O2. The second kappa shape index (κ2) is 6.09. The SMILES string of the molecule is CC(C)(C)Cc1noc2nc(C3CC3)cc(C(=O)NCC(C)(C)N)c12. The van der Waals surface area contributed by atoms with Crippen LogP contribution in [0.25, 0.3) is 11.1 Å². The van der Waals surface area contributed by atoms with Crippen LogP contribution in [0, 0.1) is 5.41 Å². The molecule has 2 aromatic heterocycles. The first-order valence-corrected chi connectivity index (χ1v) is 8.90. The van der Waals surface area contributed by atoms with Crippen LogP contribution in [0.3, 0.4) is 0 Å². The third kappa shape index (κ3) is 4.37. The summed E-state index contributed by atoms with van der Waals surface area (Å²) in [5.74, 6) is 0.282. The largest absolute Gasteiger partial charge is 0.350 e. The molecule has 25 heavy (non-hydrogen) atoms. The summed E-state index contributed by atoms with van der Waals surface area (Å²) in [5, 5.41) is 7.88. The van der Waals surface area contributed by atoms with Crippen LogP contribution in [-0.2, 0) is 6.42 Å². The Balaban J connectivity index is 2.03. The monoisotopic (exact) mass is 344 g/mol. The summed E-state index contributed by atoms with van der Waals surface area (Å²) in [5.41, 5.74) is 8.32. The lowest BCUT2D eigenvalue weighted by Crippen LogP contribution is -2.45. The molecule has 1 amide bonds. The zero-order chi connectivity index (χ0) is 18.4. The molecule has 0 unspecified atom stereocenters. The number of nitrogens with zero attached hydrogens (tertiary/aromatic N) is 2. The van der Waals surface area contributed by atoms with E-state index in [-0.39, 0.29) is 11.3 Å². The second-order valence-electron chi connectivity index (χ2n) is 9.09. The highest BCUT2D eigenvalue weighted by Gasteiger charge is 2.30. The molecule has 3 N–H and O–H groups in total. The van der Waals surface area contributed by atoms with Gasteiger partial charge in [-0.15, -0.1) is 0 Å². The molecule has 1 aliphatic rings. The molecule has 0 spiro atoms. The minimum atomic E-state index is -0.468. The quantitative estimate of drug-likeness (QED) is 0.869. The number of hydrogen-bond acceptors (Lipinski definition) is 5. The van der Waals surface area contributed by atoms with Crippen molar-refractivity contribution in [3.8, 4) is 0 Å². The molecule has 136 valence electrons. The van der Waals surface area contributed by atoms with Gasteiger partial charge in [0.05, 0.1) is 16.6 Å². The molecule has 0 atom stereocenters. The molecule has 0 aliphatic heterocycles. The summed E-state index contributed by atoms with van der Waals surface area (Å²) >= 11 is 0. The van der Waals surface area contributed by atoms with Gasteiger partial charge in [-0.1, -0.05) is 25.9 Å². The van der Waals surface area contributed by atoms with Gasteiger partial charge in [-0.3, -0.25) is 4.79 Å². The van der Waals surface area contributed by atoms with Crippen molar-refractivity contribution in [1.82, 2.24) is 15.5 Å². The molecule has 0 aromatic carbocycles. The van der Waals surface area contributed by atoms with Crippen LogP contribution in [0.2, 0.25) is 0 Å². The van der Waals surface area contributed by atoms with E-state index < -0.39 is 5.54 Å². The summed E-state index contributed by atoms with van der Waals surface area (Å²) in [6.07, 6.45) is 2.93. The van der Waals surface area contributed by atoms with E-state index in [0.29, 0.717) is 30.2 Å². The molecule has 1 aliphatic carbocycles. The van der Waals surface area contributed by atoms with Crippen molar-refractivity contribution in [2.24, 2.45) is 11.1 Å². The van der Waals surface area contributed by atoms with Crippen LogP contribution < -0.4 is 11.1 Å². The predicted octanol–water partition coefficient (Wildman–Crippen LogP) is 3.16. The number of amides is 1. The number of aromatic nitrogens is 2. The first-order valence-electron chi connectivity index (χ1n) is 8.90. The molecule has 2 aromatic rings. The number of nitrogens with one attached hydrogen (secondary N) is 1. The average molecular weight is 344 g/mol. The third-order valence-electron chi connectivity index (χ3n) is 4.18. The van der Waals surface area contributed by atoms with Crippen LogP contribution in [0.15, 0.2) is 10.6 Å². The lowest BCUT2D eigenvalue weighted by atomic mass is 9.89. The number of nitrogens with two attached hydrogens (primary N) is 1. The molecule has 3 rings (SSSR count). The molecule has 1 fully saturated rings. The Morgan fingerprint density at radius 2 is 2.00 bits per heavy atom. The maximum atomic E-state index is 12.9. The molecular weight excluding hydrogens is 316 g/mol. The van der Waals surface area contributed by atoms with Crippen molar-refractivity contribution >= 4 is 17.0 Å². The van der Waals surface area contributed by atoms with E-state index in [4.69, 9.17) is 10.3 Å². The van der Waals surface area contributed by atoms with Gasteiger partial charge in [0, 0.05) is 23.7 Å². The first-order chi connectivity index (χ1) is 11.5. The molecule has 2 heterocycles. The minimum Gasteiger partial charge on any atom is -0.350 e. The van der Waals surface area contributed by atoms with Gasteiger partial charge in [-0.05, 0) is 44.6 Å². The normalized spacial score (nSPS) is 15.6. The van der Waals surface area contributed by atoms with Gasteiger partial charge in [0.25, 0.3) is 11.6 Å². The second-order valence-corrected chi connectivity index (χ2v) is 9.09. The minimum absolute atomic E-state index is 0.0337. The average Bonchev–Trinajstić information content (AvgIpc) is 3.25. The topological polar surface area (TPSA) is 94.0 Å². The summed E-state index contributed by atoms with van der Waals surface area (Å²) < 4.78 is 5.48. The van der Waals surface area contributed by atoms with Crippen LogP contribution in [0.4, 0.5) is 0 Å². The molecule has 6 heteroatoms. The Labute approximate surface area is 148 Å². The Morgan fingerprint density at radius 1 is 1.32 bits per heavy atom.